The highest BCUT2D eigenvalue weighted by atomic mass is 17.2. The number of allylic oxidation sites excluding steroid dienone is 2. The van der Waals surface area contributed by atoms with Gasteiger partial charge in [-0.25, -0.2) is 9.78 Å². The van der Waals surface area contributed by atoms with E-state index in [1.54, 1.807) is 0 Å². The Hall–Kier alpha value is -0.940. The van der Waals surface area contributed by atoms with Crippen LogP contribution in [0.5, 0.6) is 0 Å². The standard InChI is InChI=1S/C28H42O4/c1-17(2)18(3)7-8-19(4)22-15-23(30)24-21-10-12-27-16-20(29)9-11-26(27,6)28(21,32-31-27)14-13-25(22,24)5/h7-8,10,12,17-20,22-23,29-30H,9,11,13-16H2,1-6H3/b8-7+/t18?,19-,20+,22-,23-,25-,26+,27-,28-/m1/s1. The van der Waals surface area contributed by atoms with Crippen molar-refractivity contribution in [3.8, 4) is 0 Å². The van der Waals surface area contributed by atoms with Crippen molar-refractivity contribution in [1.82, 2.24) is 0 Å². The Morgan fingerprint density at radius 3 is 2.50 bits per heavy atom. The molecule has 9 atom stereocenters. The smallest absolute Gasteiger partial charge is 0.137 e. The normalized spacial score (nSPS) is 49.3. The van der Waals surface area contributed by atoms with Gasteiger partial charge in [0.05, 0.1) is 12.2 Å². The van der Waals surface area contributed by atoms with Gasteiger partial charge < -0.3 is 10.2 Å². The molecular formula is C28H42O4. The maximum absolute atomic E-state index is 11.4. The van der Waals surface area contributed by atoms with Crippen molar-refractivity contribution >= 4 is 0 Å². The molecule has 5 aliphatic rings. The van der Waals surface area contributed by atoms with Crippen LogP contribution in [0.25, 0.3) is 0 Å². The predicted octanol–water partition coefficient (Wildman–Crippen LogP) is 5.51. The van der Waals surface area contributed by atoms with E-state index in [2.05, 4.69) is 65.8 Å². The number of aliphatic hydroxyl groups is 2. The van der Waals surface area contributed by atoms with Gasteiger partial charge in [-0.3, -0.25) is 0 Å². The van der Waals surface area contributed by atoms with Gasteiger partial charge in [-0.05, 0) is 78.4 Å². The van der Waals surface area contributed by atoms with Gasteiger partial charge in [0.1, 0.15) is 11.2 Å². The first kappa shape index (κ1) is 22.8. The first-order valence-electron chi connectivity index (χ1n) is 12.9. The summed E-state index contributed by atoms with van der Waals surface area (Å²) in [5.41, 5.74) is 1.03. The minimum Gasteiger partial charge on any atom is -0.393 e. The molecule has 0 radical (unpaired) electrons. The first-order valence-corrected chi connectivity index (χ1v) is 12.9. The highest BCUT2D eigenvalue weighted by Crippen LogP contribution is 2.71. The highest BCUT2D eigenvalue weighted by Gasteiger charge is 2.74. The molecular weight excluding hydrogens is 400 g/mol. The number of hydrogen-bond acceptors (Lipinski definition) is 4. The van der Waals surface area contributed by atoms with Crippen LogP contribution < -0.4 is 0 Å². The lowest BCUT2D eigenvalue weighted by atomic mass is 9.47. The maximum atomic E-state index is 11.4. The summed E-state index contributed by atoms with van der Waals surface area (Å²) in [6.07, 6.45) is 13.3. The van der Waals surface area contributed by atoms with Gasteiger partial charge in [-0.15, -0.1) is 0 Å². The second-order valence-electron chi connectivity index (χ2n) is 12.4. The Kier molecular flexibility index (Phi) is 5.19. The molecule has 1 spiro atoms. The number of rotatable bonds is 4. The minimum absolute atomic E-state index is 0.0361. The van der Waals surface area contributed by atoms with Crippen molar-refractivity contribution < 1.29 is 20.0 Å². The summed E-state index contributed by atoms with van der Waals surface area (Å²) in [7, 11) is 0. The molecule has 4 aliphatic carbocycles. The number of hydrogen-bond donors (Lipinski definition) is 2. The molecule has 0 aromatic rings. The van der Waals surface area contributed by atoms with Crippen LogP contribution in [0.4, 0.5) is 0 Å². The van der Waals surface area contributed by atoms with Crippen LogP contribution in [-0.4, -0.2) is 33.6 Å². The molecule has 1 unspecified atom stereocenters. The van der Waals surface area contributed by atoms with E-state index < -0.39 is 17.3 Å². The van der Waals surface area contributed by atoms with E-state index in [0.29, 0.717) is 30.1 Å². The van der Waals surface area contributed by atoms with E-state index in [1.807, 2.05) is 0 Å². The minimum atomic E-state index is -0.561. The quantitative estimate of drug-likeness (QED) is 0.445. The molecule has 0 aromatic carbocycles. The van der Waals surface area contributed by atoms with Crippen molar-refractivity contribution in [3.05, 3.63) is 35.5 Å². The van der Waals surface area contributed by atoms with Gasteiger partial charge in [-0.2, -0.15) is 0 Å². The Bertz CT molecular complexity index is 873. The Morgan fingerprint density at radius 2 is 1.78 bits per heavy atom. The van der Waals surface area contributed by atoms with Crippen molar-refractivity contribution in [2.75, 3.05) is 0 Å². The average molecular weight is 443 g/mol. The summed E-state index contributed by atoms with van der Waals surface area (Å²) in [5.74, 6) is 2.02. The monoisotopic (exact) mass is 442 g/mol. The average Bonchev–Trinajstić information content (AvgIpc) is 3.07. The van der Waals surface area contributed by atoms with Crippen molar-refractivity contribution in [1.29, 1.82) is 0 Å². The summed E-state index contributed by atoms with van der Waals surface area (Å²) in [6, 6.07) is 0. The molecule has 1 aliphatic heterocycles. The third kappa shape index (κ3) is 2.76. The van der Waals surface area contributed by atoms with E-state index in [-0.39, 0.29) is 16.9 Å². The van der Waals surface area contributed by atoms with E-state index in [1.165, 1.54) is 11.1 Å². The lowest BCUT2D eigenvalue weighted by molar-refractivity contribution is -0.337. The van der Waals surface area contributed by atoms with Gasteiger partial charge in [0.25, 0.3) is 0 Å². The zero-order chi connectivity index (χ0) is 23.1. The SMILES string of the molecule is CC(C)C(C)/C=C/[C@@H](C)[C@H]1C[C@@H](O)C2=C3C=C[C@@]45C[C@@H](O)CC[C@]4(C)[C@]3(CC[C@@]21C)OO5. The molecule has 1 heterocycles. The van der Waals surface area contributed by atoms with Crippen molar-refractivity contribution in [3.63, 3.8) is 0 Å². The Morgan fingerprint density at radius 1 is 1.03 bits per heavy atom. The summed E-state index contributed by atoms with van der Waals surface area (Å²) >= 11 is 0. The molecule has 4 heteroatoms. The third-order valence-electron chi connectivity index (χ3n) is 10.6. The predicted molar refractivity (Wildman–Crippen MR) is 126 cm³/mol. The number of fused-ring (bicyclic) bond motifs is 1. The zero-order valence-corrected chi connectivity index (χ0v) is 20.7. The Balaban J connectivity index is 1.55. The molecule has 178 valence electrons. The highest BCUT2D eigenvalue weighted by molar-refractivity contribution is 5.52. The molecule has 2 N–H and O–H groups in total. The zero-order valence-electron chi connectivity index (χ0n) is 20.7. The molecule has 0 aromatic heterocycles. The van der Waals surface area contributed by atoms with Crippen LogP contribution in [0.15, 0.2) is 35.5 Å². The lowest BCUT2D eigenvalue weighted by Gasteiger charge is -2.56. The largest absolute Gasteiger partial charge is 0.393 e. The fourth-order valence-electron chi connectivity index (χ4n) is 7.93. The molecule has 32 heavy (non-hydrogen) atoms. The lowest BCUT2D eigenvalue weighted by Crippen LogP contribution is -2.61. The second-order valence-corrected chi connectivity index (χ2v) is 12.4. The number of aliphatic hydroxyl groups excluding tert-OH is 2. The summed E-state index contributed by atoms with van der Waals surface area (Å²) < 4.78 is 0. The van der Waals surface area contributed by atoms with E-state index >= 15 is 0 Å². The fraction of sp³-hybridized carbons (Fsp3) is 0.786. The maximum Gasteiger partial charge on any atom is 0.137 e. The van der Waals surface area contributed by atoms with Gasteiger partial charge in [-0.1, -0.05) is 59.8 Å². The van der Waals surface area contributed by atoms with Crippen LogP contribution in [0, 0.1) is 34.5 Å². The molecule has 1 saturated heterocycles. The van der Waals surface area contributed by atoms with Crippen LogP contribution in [0.2, 0.25) is 0 Å². The van der Waals surface area contributed by atoms with Gasteiger partial charge >= 0.3 is 0 Å². The van der Waals surface area contributed by atoms with E-state index in [0.717, 1.165) is 32.1 Å². The van der Waals surface area contributed by atoms with Crippen LogP contribution in [0.1, 0.15) is 80.1 Å². The third-order valence-corrected chi connectivity index (χ3v) is 10.6. The van der Waals surface area contributed by atoms with Gasteiger partial charge in [0.15, 0.2) is 0 Å². The molecule has 2 bridgehead atoms. The summed E-state index contributed by atoms with van der Waals surface area (Å²) in [6.45, 7) is 13.8. The van der Waals surface area contributed by atoms with Crippen LogP contribution >= 0.6 is 0 Å². The topological polar surface area (TPSA) is 58.9 Å². The van der Waals surface area contributed by atoms with Crippen molar-refractivity contribution in [2.45, 2.75) is 103 Å². The van der Waals surface area contributed by atoms with E-state index in [9.17, 15) is 10.2 Å². The van der Waals surface area contributed by atoms with Gasteiger partial charge in [0.2, 0.25) is 0 Å². The van der Waals surface area contributed by atoms with Gasteiger partial charge in [0, 0.05) is 11.8 Å². The first-order chi connectivity index (χ1) is 15.0. The molecule has 3 fully saturated rings. The molecule has 5 rings (SSSR count). The van der Waals surface area contributed by atoms with Crippen LogP contribution in [0.3, 0.4) is 0 Å². The van der Waals surface area contributed by atoms with E-state index in [4.69, 9.17) is 9.78 Å². The van der Waals surface area contributed by atoms with Crippen molar-refractivity contribution in [2.24, 2.45) is 34.5 Å². The molecule has 4 nitrogen and oxygen atoms in total. The summed E-state index contributed by atoms with van der Waals surface area (Å²) in [5, 5.41) is 21.8. The van der Waals surface area contributed by atoms with Crippen LogP contribution in [-0.2, 0) is 9.78 Å². The Labute approximate surface area is 193 Å². The summed E-state index contributed by atoms with van der Waals surface area (Å²) in [4.78, 5) is 12.4. The molecule has 0 amide bonds. The fourth-order valence-corrected chi connectivity index (χ4v) is 7.93. The second kappa shape index (κ2) is 7.28. The molecule has 2 saturated carbocycles.